The van der Waals surface area contributed by atoms with Crippen LogP contribution < -0.4 is 5.73 Å². The maximum atomic E-state index is 5.55. The number of hydrogen-bond donors (Lipinski definition) is 1. The average Bonchev–Trinajstić information content (AvgIpc) is 2.88. The summed E-state index contributed by atoms with van der Waals surface area (Å²) in [6, 6.07) is 8.21. The van der Waals surface area contributed by atoms with E-state index in [0.717, 1.165) is 0 Å². The second-order valence-corrected chi connectivity index (χ2v) is 5.08. The van der Waals surface area contributed by atoms with Crippen LogP contribution in [-0.2, 0) is 10.5 Å². The molecule has 0 fully saturated rings. The maximum absolute atomic E-state index is 5.55. The Kier molecular flexibility index (Phi) is 4.95. The molecular weight excluding hydrogens is 262 g/mol. The molecule has 0 aliphatic rings. The molecule has 2 N–H and O–H groups in total. The Morgan fingerprint density at radius 1 is 1.42 bits per heavy atom. The third-order valence-electron chi connectivity index (χ3n) is 2.71. The van der Waals surface area contributed by atoms with Gasteiger partial charge in [-0.05, 0) is 18.6 Å². The van der Waals surface area contributed by atoms with Crippen molar-refractivity contribution in [2.45, 2.75) is 23.7 Å². The molecule has 0 aliphatic carbocycles. The van der Waals surface area contributed by atoms with Gasteiger partial charge in [0.05, 0.1) is 5.75 Å². The Morgan fingerprint density at radius 3 is 2.89 bits per heavy atom. The average molecular weight is 279 g/mol. The molecule has 0 spiro atoms. The van der Waals surface area contributed by atoms with Crippen molar-refractivity contribution >= 4 is 11.8 Å². The van der Waals surface area contributed by atoms with E-state index in [9.17, 15) is 0 Å². The van der Waals surface area contributed by atoms with Crippen LogP contribution in [0.1, 0.15) is 23.4 Å². The zero-order valence-electron chi connectivity index (χ0n) is 11.0. The van der Waals surface area contributed by atoms with E-state index >= 15 is 0 Å². The van der Waals surface area contributed by atoms with Crippen molar-refractivity contribution in [2.24, 2.45) is 5.73 Å². The second-order valence-electron chi connectivity index (χ2n) is 4.06. The van der Waals surface area contributed by atoms with Crippen molar-refractivity contribution in [1.82, 2.24) is 10.1 Å². The van der Waals surface area contributed by atoms with Crippen LogP contribution in [0.5, 0.6) is 0 Å². The molecule has 1 unspecified atom stereocenters. The number of rotatable bonds is 6. The molecule has 0 bridgehead atoms. The zero-order valence-corrected chi connectivity index (χ0v) is 11.8. The Balaban J connectivity index is 1.99. The topological polar surface area (TPSA) is 74.2 Å². The molecule has 0 amide bonds. The van der Waals surface area contributed by atoms with Crippen molar-refractivity contribution in [2.75, 3.05) is 13.7 Å². The molecule has 1 heterocycles. The Bertz CT molecular complexity index is 526. The van der Waals surface area contributed by atoms with Crippen molar-refractivity contribution < 1.29 is 9.26 Å². The van der Waals surface area contributed by atoms with Crippen LogP contribution in [-0.4, -0.2) is 23.8 Å². The van der Waals surface area contributed by atoms with Gasteiger partial charge in [-0.25, -0.2) is 0 Å². The Morgan fingerprint density at radius 2 is 2.21 bits per heavy atom. The molecule has 1 aromatic heterocycles. The highest BCUT2D eigenvalue weighted by molar-refractivity contribution is 7.98. The highest BCUT2D eigenvalue weighted by atomic mass is 32.2. The summed E-state index contributed by atoms with van der Waals surface area (Å²) in [5.74, 6) is 1.75. The molecule has 2 rings (SSSR count). The molecule has 1 atom stereocenters. The van der Waals surface area contributed by atoms with Gasteiger partial charge in [0.1, 0.15) is 6.10 Å². The van der Waals surface area contributed by atoms with Crippen LogP contribution in [0.25, 0.3) is 0 Å². The van der Waals surface area contributed by atoms with Crippen molar-refractivity contribution in [3.8, 4) is 0 Å². The summed E-state index contributed by atoms with van der Waals surface area (Å²) in [5.41, 5.74) is 6.79. The van der Waals surface area contributed by atoms with Gasteiger partial charge in [0, 0.05) is 18.6 Å². The van der Waals surface area contributed by atoms with Gasteiger partial charge < -0.3 is 15.0 Å². The lowest BCUT2D eigenvalue weighted by Gasteiger charge is -2.05. The molecule has 2 aromatic rings. The number of benzene rings is 1. The quantitative estimate of drug-likeness (QED) is 0.818. The minimum absolute atomic E-state index is 0.322. The number of hydrogen-bond acceptors (Lipinski definition) is 6. The number of methoxy groups -OCH3 is 1. The maximum Gasteiger partial charge on any atom is 0.257 e. The van der Waals surface area contributed by atoms with Gasteiger partial charge in [0.2, 0.25) is 0 Å². The summed E-state index contributed by atoms with van der Waals surface area (Å²) in [6.45, 7) is 2.41. The van der Waals surface area contributed by atoms with Crippen LogP contribution >= 0.6 is 11.8 Å². The first-order chi connectivity index (χ1) is 9.24. The van der Waals surface area contributed by atoms with Gasteiger partial charge >= 0.3 is 0 Å². The first kappa shape index (κ1) is 14.0. The molecule has 5 nitrogen and oxygen atoms in total. The summed E-state index contributed by atoms with van der Waals surface area (Å²) in [6.07, 6.45) is -0.329. The standard InChI is InChI=1S/C13H17N3O2S/c1-9-5-3-4-6-11(9)19-8-12-15-13(18-16-12)10(7-14)17-2/h3-6,10H,7-8,14H2,1-2H3. The molecule has 6 heteroatoms. The van der Waals surface area contributed by atoms with Crippen LogP contribution in [0.15, 0.2) is 33.7 Å². The summed E-state index contributed by atoms with van der Waals surface area (Å²) in [7, 11) is 1.57. The summed E-state index contributed by atoms with van der Waals surface area (Å²) in [5, 5.41) is 3.94. The summed E-state index contributed by atoms with van der Waals surface area (Å²) < 4.78 is 10.3. The van der Waals surface area contributed by atoms with E-state index in [1.165, 1.54) is 10.5 Å². The minimum atomic E-state index is -0.329. The number of nitrogens with zero attached hydrogens (tertiary/aromatic N) is 2. The molecule has 0 saturated carbocycles. The smallest absolute Gasteiger partial charge is 0.257 e. The van der Waals surface area contributed by atoms with Crippen LogP contribution in [0.2, 0.25) is 0 Å². The minimum Gasteiger partial charge on any atom is -0.370 e. The summed E-state index contributed by atoms with van der Waals surface area (Å²) in [4.78, 5) is 5.51. The molecule has 0 radical (unpaired) electrons. The molecule has 1 aromatic carbocycles. The number of thioether (sulfide) groups is 1. The van der Waals surface area contributed by atoms with Crippen molar-refractivity contribution in [3.63, 3.8) is 0 Å². The van der Waals surface area contributed by atoms with E-state index in [4.69, 9.17) is 15.0 Å². The lowest BCUT2D eigenvalue weighted by atomic mass is 10.2. The van der Waals surface area contributed by atoms with Gasteiger partial charge in [0.25, 0.3) is 5.89 Å². The monoisotopic (exact) mass is 279 g/mol. The highest BCUT2D eigenvalue weighted by Crippen LogP contribution is 2.25. The molecule has 0 aliphatic heterocycles. The number of aryl methyl sites for hydroxylation is 1. The third kappa shape index (κ3) is 3.56. The zero-order chi connectivity index (χ0) is 13.7. The predicted molar refractivity (Wildman–Crippen MR) is 73.8 cm³/mol. The normalized spacial score (nSPS) is 12.6. The number of aromatic nitrogens is 2. The fraction of sp³-hybridized carbons (Fsp3) is 0.385. The lowest BCUT2D eigenvalue weighted by molar-refractivity contribution is 0.0804. The van der Waals surface area contributed by atoms with E-state index in [2.05, 4.69) is 29.2 Å². The fourth-order valence-corrected chi connectivity index (χ4v) is 2.49. The highest BCUT2D eigenvalue weighted by Gasteiger charge is 2.16. The Labute approximate surface area is 116 Å². The molecular formula is C13H17N3O2S. The fourth-order valence-electron chi connectivity index (χ4n) is 1.62. The third-order valence-corrected chi connectivity index (χ3v) is 3.88. The van der Waals surface area contributed by atoms with E-state index in [1.54, 1.807) is 18.9 Å². The van der Waals surface area contributed by atoms with Gasteiger partial charge in [-0.2, -0.15) is 4.98 Å². The first-order valence-electron chi connectivity index (χ1n) is 5.98. The van der Waals surface area contributed by atoms with E-state index in [0.29, 0.717) is 24.0 Å². The number of nitrogens with two attached hydrogens (primary N) is 1. The summed E-state index contributed by atoms with van der Waals surface area (Å²) >= 11 is 1.68. The van der Waals surface area contributed by atoms with Crippen LogP contribution in [0.3, 0.4) is 0 Å². The van der Waals surface area contributed by atoms with Crippen molar-refractivity contribution in [1.29, 1.82) is 0 Å². The van der Waals surface area contributed by atoms with Crippen LogP contribution in [0.4, 0.5) is 0 Å². The van der Waals surface area contributed by atoms with Gasteiger partial charge in [0.15, 0.2) is 5.82 Å². The lowest BCUT2D eigenvalue weighted by Crippen LogP contribution is -2.14. The van der Waals surface area contributed by atoms with Crippen LogP contribution in [0, 0.1) is 6.92 Å². The number of ether oxygens (including phenoxy) is 1. The van der Waals surface area contributed by atoms with Gasteiger partial charge in [-0.3, -0.25) is 0 Å². The molecule has 0 saturated heterocycles. The first-order valence-corrected chi connectivity index (χ1v) is 6.97. The molecule has 19 heavy (non-hydrogen) atoms. The van der Waals surface area contributed by atoms with Gasteiger partial charge in [-0.15, -0.1) is 11.8 Å². The SMILES string of the molecule is COC(CN)c1nc(CSc2ccccc2C)no1. The van der Waals surface area contributed by atoms with E-state index < -0.39 is 0 Å². The predicted octanol–water partition coefficient (Wildman–Crippen LogP) is 2.32. The Hall–Kier alpha value is -1.37. The molecule has 102 valence electrons. The van der Waals surface area contributed by atoms with Crippen molar-refractivity contribution in [3.05, 3.63) is 41.5 Å². The largest absolute Gasteiger partial charge is 0.370 e. The second kappa shape index (κ2) is 6.70. The van der Waals surface area contributed by atoms with Gasteiger partial charge in [-0.1, -0.05) is 23.4 Å². The van der Waals surface area contributed by atoms with E-state index in [1.807, 2.05) is 12.1 Å². The van der Waals surface area contributed by atoms with E-state index in [-0.39, 0.29) is 6.10 Å².